The third-order valence-corrected chi connectivity index (χ3v) is 5.73. The van der Waals surface area contributed by atoms with Gasteiger partial charge in [-0.2, -0.15) is 0 Å². The first kappa shape index (κ1) is 24.7. The highest BCUT2D eigenvalue weighted by molar-refractivity contribution is 6.31. The molecule has 0 bridgehead atoms. The van der Waals surface area contributed by atoms with Gasteiger partial charge in [-0.25, -0.2) is 0 Å². The number of aryl methyl sites for hydroxylation is 2. The molecule has 0 heterocycles. The lowest BCUT2D eigenvalue weighted by molar-refractivity contribution is -0.143. The van der Waals surface area contributed by atoms with Crippen molar-refractivity contribution in [3.05, 3.63) is 64.2 Å². The fourth-order valence-electron chi connectivity index (χ4n) is 3.33. The van der Waals surface area contributed by atoms with Gasteiger partial charge in [-0.05, 0) is 61.6 Å². The van der Waals surface area contributed by atoms with E-state index >= 15 is 0 Å². The Hall–Kier alpha value is -2.53. The number of benzene rings is 2. The highest BCUT2D eigenvalue weighted by atomic mass is 35.5. The van der Waals surface area contributed by atoms with Crippen LogP contribution in [0.15, 0.2) is 42.5 Å². The molecule has 0 aromatic heterocycles. The monoisotopic (exact) mass is 444 g/mol. The molecule has 1 atom stereocenters. The van der Waals surface area contributed by atoms with E-state index in [9.17, 15) is 9.59 Å². The van der Waals surface area contributed by atoms with Crippen molar-refractivity contribution in [3.8, 4) is 5.75 Å². The lowest BCUT2D eigenvalue weighted by atomic mass is 10.1. The SMILES string of the molecule is CCCCNC(=O)[C@@H](CC)N(Cc1ccccc1C)C(=O)COc1ccc(Cl)c(C)c1. The minimum absolute atomic E-state index is 0.125. The van der Waals surface area contributed by atoms with Crippen LogP contribution in [0.3, 0.4) is 0 Å². The first-order chi connectivity index (χ1) is 14.9. The molecule has 0 spiro atoms. The van der Waals surface area contributed by atoms with Crippen LogP contribution in [0.25, 0.3) is 0 Å². The van der Waals surface area contributed by atoms with Crippen LogP contribution in [0.5, 0.6) is 5.75 Å². The predicted molar refractivity (Wildman–Crippen MR) is 125 cm³/mol. The number of nitrogens with one attached hydrogen (secondary N) is 1. The number of carbonyl (C=O) groups excluding carboxylic acids is 2. The van der Waals surface area contributed by atoms with Crippen LogP contribution in [0.2, 0.25) is 5.02 Å². The Morgan fingerprint density at radius 1 is 1.10 bits per heavy atom. The largest absolute Gasteiger partial charge is 0.484 e. The number of ether oxygens (including phenoxy) is 1. The fraction of sp³-hybridized carbons (Fsp3) is 0.440. The molecule has 168 valence electrons. The molecule has 1 N–H and O–H groups in total. The molecule has 2 aromatic rings. The van der Waals surface area contributed by atoms with Gasteiger partial charge in [0.25, 0.3) is 5.91 Å². The third kappa shape index (κ3) is 7.28. The van der Waals surface area contributed by atoms with Gasteiger partial charge in [-0.15, -0.1) is 0 Å². The standard InChI is InChI=1S/C25H33ClN2O3/c1-5-7-14-27-25(30)23(6-2)28(16-20-11-9-8-10-18(20)3)24(29)17-31-21-12-13-22(26)19(4)15-21/h8-13,15,23H,5-7,14,16-17H2,1-4H3,(H,27,30)/t23-/m1/s1. The average Bonchev–Trinajstić information content (AvgIpc) is 2.75. The zero-order valence-corrected chi connectivity index (χ0v) is 19.7. The Morgan fingerprint density at radius 3 is 2.48 bits per heavy atom. The van der Waals surface area contributed by atoms with Crippen molar-refractivity contribution < 1.29 is 14.3 Å². The van der Waals surface area contributed by atoms with E-state index in [1.165, 1.54) is 0 Å². The normalized spacial score (nSPS) is 11.6. The first-order valence-electron chi connectivity index (χ1n) is 10.9. The van der Waals surface area contributed by atoms with E-state index in [-0.39, 0.29) is 18.4 Å². The molecule has 0 aliphatic carbocycles. The minimum atomic E-state index is -0.556. The van der Waals surface area contributed by atoms with Crippen molar-refractivity contribution in [2.24, 2.45) is 0 Å². The summed E-state index contributed by atoms with van der Waals surface area (Å²) >= 11 is 6.07. The van der Waals surface area contributed by atoms with Crippen LogP contribution >= 0.6 is 11.6 Å². The van der Waals surface area contributed by atoms with Crippen molar-refractivity contribution in [1.82, 2.24) is 10.2 Å². The second kappa shape index (κ2) is 12.4. The van der Waals surface area contributed by atoms with Gasteiger partial charge in [0, 0.05) is 18.1 Å². The second-order valence-electron chi connectivity index (χ2n) is 7.72. The summed E-state index contributed by atoms with van der Waals surface area (Å²) in [4.78, 5) is 27.7. The molecular weight excluding hydrogens is 412 g/mol. The number of unbranched alkanes of at least 4 members (excludes halogenated alkanes) is 1. The van der Waals surface area contributed by atoms with Gasteiger partial charge < -0.3 is 15.0 Å². The predicted octanol–water partition coefficient (Wildman–Crippen LogP) is 5.06. The molecule has 0 aliphatic heterocycles. The van der Waals surface area contributed by atoms with E-state index in [2.05, 4.69) is 12.2 Å². The lowest BCUT2D eigenvalue weighted by Gasteiger charge is -2.31. The molecule has 2 rings (SSSR count). The van der Waals surface area contributed by atoms with Crippen molar-refractivity contribution in [3.63, 3.8) is 0 Å². The van der Waals surface area contributed by atoms with Crippen molar-refractivity contribution in [2.75, 3.05) is 13.2 Å². The number of carbonyl (C=O) groups is 2. The maximum absolute atomic E-state index is 13.2. The topological polar surface area (TPSA) is 58.6 Å². The molecule has 0 fully saturated rings. The van der Waals surface area contributed by atoms with E-state index in [0.29, 0.717) is 30.3 Å². The summed E-state index contributed by atoms with van der Waals surface area (Å²) < 4.78 is 5.74. The quantitative estimate of drug-likeness (QED) is 0.493. The van der Waals surface area contributed by atoms with Gasteiger partial charge in [0.1, 0.15) is 11.8 Å². The zero-order valence-electron chi connectivity index (χ0n) is 18.9. The zero-order chi connectivity index (χ0) is 22.8. The molecular formula is C25H33ClN2O3. The van der Waals surface area contributed by atoms with Crippen molar-refractivity contribution >= 4 is 23.4 Å². The van der Waals surface area contributed by atoms with E-state index in [1.807, 2.05) is 45.0 Å². The molecule has 31 heavy (non-hydrogen) atoms. The number of halogens is 1. The fourth-order valence-corrected chi connectivity index (χ4v) is 3.45. The Balaban J connectivity index is 2.20. The molecule has 0 radical (unpaired) electrons. The number of amides is 2. The summed E-state index contributed by atoms with van der Waals surface area (Å²) in [7, 11) is 0. The van der Waals surface area contributed by atoms with Gasteiger partial charge in [-0.3, -0.25) is 9.59 Å². The summed E-state index contributed by atoms with van der Waals surface area (Å²) in [6.45, 7) is 8.71. The van der Waals surface area contributed by atoms with Crippen LogP contribution in [0, 0.1) is 13.8 Å². The van der Waals surface area contributed by atoms with Crippen LogP contribution < -0.4 is 10.1 Å². The maximum atomic E-state index is 13.2. The molecule has 0 saturated heterocycles. The highest BCUT2D eigenvalue weighted by Crippen LogP contribution is 2.21. The van der Waals surface area contributed by atoms with Gasteiger partial charge in [0.15, 0.2) is 6.61 Å². The van der Waals surface area contributed by atoms with E-state index in [0.717, 1.165) is 29.5 Å². The van der Waals surface area contributed by atoms with Gasteiger partial charge >= 0.3 is 0 Å². The van der Waals surface area contributed by atoms with E-state index in [1.54, 1.807) is 23.1 Å². The van der Waals surface area contributed by atoms with Crippen molar-refractivity contribution in [1.29, 1.82) is 0 Å². The third-order valence-electron chi connectivity index (χ3n) is 5.31. The minimum Gasteiger partial charge on any atom is -0.484 e. The summed E-state index contributed by atoms with van der Waals surface area (Å²) in [5.41, 5.74) is 2.97. The molecule has 5 nitrogen and oxygen atoms in total. The van der Waals surface area contributed by atoms with Crippen LogP contribution in [0.4, 0.5) is 0 Å². The average molecular weight is 445 g/mol. The lowest BCUT2D eigenvalue weighted by Crippen LogP contribution is -2.50. The molecule has 2 amide bonds. The summed E-state index contributed by atoms with van der Waals surface area (Å²) in [5, 5.41) is 3.62. The first-order valence-corrected chi connectivity index (χ1v) is 11.3. The Labute approximate surface area is 190 Å². The maximum Gasteiger partial charge on any atom is 0.261 e. The van der Waals surface area contributed by atoms with E-state index in [4.69, 9.17) is 16.3 Å². The highest BCUT2D eigenvalue weighted by Gasteiger charge is 2.29. The Bertz CT molecular complexity index is 885. The number of hydrogen-bond donors (Lipinski definition) is 1. The Kier molecular flexibility index (Phi) is 9.86. The summed E-state index contributed by atoms with van der Waals surface area (Å²) in [5.74, 6) is 0.222. The molecule has 0 unspecified atom stereocenters. The molecule has 0 saturated carbocycles. The smallest absolute Gasteiger partial charge is 0.261 e. The number of rotatable bonds is 11. The van der Waals surface area contributed by atoms with E-state index < -0.39 is 6.04 Å². The molecule has 6 heteroatoms. The number of nitrogens with zero attached hydrogens (tertiary/aromatic N) is 1. The van der Waals surface area contributed by atoms with Crippen molar-refractivity contribution in [2.45, 2.75) is 59.5 Å². The Morgan fingerprint density at radius 2 is 1.84 bits per heavy atom. The van der Waals surface area contributed by atoms with Gasteiger partial charge in [0.2, 0.25) is 5.91 Å². The summed E-state index contributed by atoms with van der Waals surface area (Å²) in [6.07, 6.45) is 2.43. The van der Waals surface area contributed by atoms with Gasteiger partial charge in [0.05, 0.1) is 0 Å². The van der Waals surface area contributed by atoms with Crippen LogP contribution in [0.1, 0.15) is 49.8 Å². The molecule has 2 aromatic carbocycles. The molecule has 0 aliphatic rings. The van der Waals surface area contributed by atoms with Crippen LogP contribution in [-0.2, 0) is 16.1 Å². The number of hydrogen-bond acceptors (Lipinski definition) is 3. The van der Waals surface area contributed by atoms with Gasteiger partial charge in [-0.1, -0.05) is 56.1 Å². The van der Waals surface area contributed by atoms with Crippen LogP contribution in [-0.4, -0.2) is 35.9 Å². The second-order valence-corrected chi connectivity index (χ2v) is 8.12. The summed E-state index contributed by atoms with van der Waals surface area (Å²) in [6, 6.07) is 12.6.